The molecule has 0 aliphatic carbocycles. The Bertz CT molecular complexity index is 1200. The van der Waals surface area contributed by atoms with Gasteiger partial charge in [0.15, 0.2) is 0 Å². The zero-order valence-electron chi connectivity index (χ0n) is 19.2. The lowest BCUT2D eigenvalue weighted by Crippen LogP contribution is -2.41. The van der Waals surface area contributed by atoms with E-state index in [0.29, 0.717) is 18.0 Å². The first-order chi connectivity index (χ1) is 15.8. The van der Waals surface area contributed by atoms with Crippen molar-refractivity contribution < 1.29 is 22.7 Å². The Hall–Kier alpha value is -3.52. The normalized spacial score (nSPS) is 11.0. The molecule has 0 bridgehead atoms. The molecule has 0 radical (unpaired) electrons. The highest BCUT2D eigenvalue weighted by molar-refractivity contribution is 7.92. The molecular formula is C25H28N2O5S. The van der Waals surface area contributed by atoms with Crippen molar-refractivity contribution in [3.63, 3.8) is 0 Å². The van der Waals surface area contributed by atoms with E-state index in [1.165, 1.54) is 31.3 Å². The first-order valence-corrected chi connectivity index (χ1v) is 11.8. The predicted molar refractivity (Wildman–Crippen MR) is 128 cm³/mol. The molecular weight excluding hydrogens is 440 g/mol. The number of sulfonamides is 1. The average Bonchev–Trinajstić information content (AvgIpc) is 2.82. The first kappa shape index (κ1) is 24.1. The quantitative estimate of drug-likeness (QED) is 0.477. The van der Waals surface area contributed by atoms with E-state index in [1.54, 1.807) is 37.4 Å². The molecule has 0 aliphatic rings. The molecule has 3 aromatic rings. The Morgan fingerprint density at radius 2 is 1.58 bits per heavy atom. The van der Waals surface area contributed by atoms with Gasteiger partial charge in [0.25, 0.3) is 10.0 Å². The van der Waals surface area contributed by atoms with Crippen LogP contribution < -0.4 is 13.8 Å². The molecule has 0 saturated carbocycles. The maximum absolute atomic E-state index is 13.7. The predicted octanol–water partition coefficient (Wildman–Crippen LogP) is 3.87. The van der Waals surface area contributed by atoms with Gasteiger partial charge in [-0.1, -0.05) is 48.0 Å². The Morgan fingerprint density at radius 3 is 2.18 bits per heavy atom. The Morgan fingerprint density at radius 1 is 0.909 bits per heavy atom. The fraction of sp³-hybridized carbons (Fsp3) is 0.240. The molecule has 33 heavy (non-hydrogen) atoms. The van der Waals surface area contributed by atoms with Crippen LogP contribution in [0.15, 0.2) is 77.7 Å². The van der Waals surface area contributed by atoms with Crippen LogP contribution in [0.25, 0.3) is 0 Å². The average molecular weight is 469 g/mol. The van der Waals surface area contributed by atoms with Crippen LogP contribution in [0, 0.1) is 6.92 Å². The van der Waals surface area contributed by atoms with Crippen LogP contribution in [-0.2, 0) is 21.4 Å². The summed E-state index contributed by atoms with van der Waals surface area (Å²) in [5, 5.41) is 0. The smallest absolute Gasteiger partial charge is 0.264 e. The van der Waals surface area contributed by atoms with Gasteiger partial charge in [-0.3, -0.25) is 9.10 Å². The molecule has 0 spiro atoms. The Kier molecular flexibility index (Phi) is 7.60. The third-order valence-electron chi connectivity index (χ3n) is 5.23. The minimum atomic E-state index is -4.08. The van der Waals surface area contributed by atoms with Crippen LogP contribution in [0.4, 0.5) is 5.69 Å². The number of anilines is 1. The zero-order chi connectivity index (χ0) is 24.0. The van der Waals surface area contributed by atoms with Gasteiger partial charge in [-0.2, -0.15) is 0 Å². The third kappa shape index (κ3) is 5.64. The SMILES string of the molecule is COc1ccc(OC)c(N(CC(=O)N(C)Cc2ccccc2)S(=O)(=O)c2ccc(C)cc2)c1. The summed E-state index contributed by atoms with van der Waals surface area (Å²) in [5.74, 6) is 0.393. The number of carbonyl (C=O) groups is 1. The summed E-state index contributed by atoms with van der Waals surface area (Å²) in [6.45, 7) is 1.83. The number of nitrogens with zero attached hydrogens (tertiary/aromatic N) is 2. The van der Waals surface area contributed by atoms with Crippen molar-refractivity contribution in [1.29, 1.82) is 0 Å². The van der Waals surface area contributed by atoms with Gasteiger partial charge in [-0.25, -0.2) is 8.42 Å². The van der Waals surface area contributed by atoms with E-state index < -0.39 is 16.6 Å². The van der Waals surface area contributed by atoms with Gasteiger partial charge in [0.1, 0.15) is 18.0 Å². The lowest BCUT2D eigenvalue weighted by Gasteiger charge is -2.28. The molecule has 1 amide bonds. The fourth-order valence-corrected chi connectivity index (χ4v) is 4.73. The van der Waals surface area contributed by atoms with Gasteiger partial charge >= 0.3 is 0 Å². The van der Waals surface area contributed by atoms with Gasteiger partial charge in [0.05, 0.1) is 24.8 Å². The highest BCUT2D eigenvalue weighted by Gasteiger charge is 2.31. The van der Waals surface area contributed by atoms with Crippen molar-refractivity contribution in [3.8, 4) is 11.5 Å². The van der Waals surface area contributed by atoms with Crippen LogP contribution in [-0.4, -0.2) is 47.0 Å². The molecule has 3 aromatic carbocycles. The van der Waals surface area contributed by atoms with Crippen molar-refractivity contribution in [2.24, 2.45) is 0 Å². The zero-order valence-corrected chi connectivity index (χ0v) is 20.0. The van der Waals surface area contributed by atoms with Gasteiger partial charge in [0, 0.05) is 19.7 Å². The minimum Gasteiger partial charge on any atom is -0.497 e. The summed E-state index contributed by atoms with van der Waals surface area (Å²) in [4.78, 5) is 14.7. The molecule has 0 N–H and O–H groups in total. The maximum Gasteiger partial charge on any atom is 0.264 e. The second kappa shape index (κ2) is 10.4. The monoisotopic (exact) mass is 468 g/mol. The number of aryl methyl sites for hydroxylation is 1. The first-order valence-electron chi connectivity index (χ1n) is 10.4. The standard InChI is InChI=1S/C25H28N2O5S/c1-19-10-13-22(14-11-19)33(29,30)27(23-16-21(31-3)12-15-24(23)32-4)18-25(28)26(2)17-20-8-6-5-7-9-20/h5-16H,17-18H2,1-4H3. The number of methoxy groups -OCH3 is 2. The van der Waals surface area contributed by atoms with Crippen LogP contribution in [0.2, 0.25) is 0 Å². The van der Waals surface area contributed by atoms with E-state index in [2.05, 4.69) is 0 Å². The van der Waals surface area contributed by atoms with Gasteiger partial charge in [-0.15, -0.1) is 0 Å². The lowest BCUT2D eigenvalue weighted by atomic mass is 10.2. The summed E-state index contributed by atoms with van der Waals surface area (Å²) in [6, 6.07) is 20.8. The van der Waals surface area contributed by atoms with Crippen LogP contribution in [0.3, 0.4) is 0 Å². The highest BCUT2D eigenvalue weighted by atomic mass is 32.2. The molecule has 0 fully saturated rings. The van der Waals surface area contributed by atoms with Gasteiger partial charge < -0.3 is 14.4 Å². The lowest BCUT2D eigenvalue weighted by molar-refractivity contribution is -0.128. The number of carbonyl (C=O) groups excluding carboxylic acids is 1. The molecule has 174 valence electrons. The number of hydrogen-bond acceptors (Lipinski definition) is 5. The molecule has 0 aromatic heterocycles. The molecule has 0 aliphatic heterocycles. The Balaban J connectivity index is 2.02. The van der Waals surface area contributed by atoms with Crippen molar-refractivity contribution in [2.75, 3.05) is 32.1 Å². The molecule has 8 heteroatoms. The summed E-state index contributed by atoms with van der Waals surface area (Å²) >= 11 is 0. The van der Waals surface area contributed by atoms with Gasteiger partial charge in [-0.05, 0) is 36.8 Å². The number of rotatable bonds is 9. The van der Waals surface area contributed by atoms with Crippen LogP contribution in [0.5, 0.6) is 11.5 Å². The molecule has 7 nitrogen and oxygen atoms in total. The summed E-state index contributed by atoms with van der Waals surface area (Å²) in [6.07, 6.45) is 0. The van der Waals surface area contributed by atoms with Crippen molar-refractivity contribution in [2.45, 2.75) is 18.4 Å². The molecule has 0 heterocycles. The third-order valence-corrected chi connectivity index (χ3v) is 7.00. The Labute approximate surface area is 195 Å². The topological polar surface area (TPSA) is 76.2 Å². The number of benzene rings is 3. The van der Waals surface area contributed by atoms with E-state index in [0.717, 1.165) is 15.4 Å². The molecule has 0 atom stereocenters. The van der Waals surface area contributed by atoms with E-state index >= 15 is 0 Å². The summed E-state index contributed by atoms with van der Waals surface area (Å²) in [5.41, 5.74) is 2.09. The molecule has 3 rings (SSSR count). The van der Waals surface area contributed by atoms with E-state index in [4.69, 9.17) is 9.47 Å². The number of hydrogen-bond donors (Lipinski definition) is 0. The summed E-state index contributed by atoms with van der Waals surface area (Å²) < 4.78 is 39.2. The second-order valence-electron chi connectivity index (χ2n) is 7.60. The largest absolute Gasteiger partial charge is 0.497 e. The van der Waals surface area contributed by atoms with Crippen molar-refractivity contribution in [1.82, 2.24) is 4.90 Å². The van der Waals surface area contributed by atoms with E-state index in [1.807, 2.05) is 37.3 Å². The van der Waals surface area contributed by atoms with E-state index in [-0.39, 0.29) is 16.5 Å². The number of likely N-dealkylation sites (N-methyl/N-ethyl adjacent to an activating group) is 1. The molecule has 0 saturated heterocycles. The van der Waals surface area contributed by atoms with E-state index in [9.17, 15) is 13.2 Å². The highest BCUT2D eigenvalue weighted by Crippen LogP contribution is 2.35. The molecule has 0 unspecified atom stereocenters. The van der Waals surface area contributed by atoms with Crippen LogP contribution in [0.1, 0.15) is 11.1 Å². The van der Waals surface area contributed by atoms with Crippen molar-refractivity contribution in [3.05, 3.63) is 83.9 Å². The number of ether oxygens (including phenoxy) is 2. The summed E-state index contributed by atoms with van der Waals surface area (Å²) in [7, 11) is 0.507. The van der Waals surface area contributed by atoms with Crippen molar-refractivity contribution >= 4 is 21.6 Å². The second-order valence-corrected chi connectivity index (χ2v) is 9.46. The van der Waals surface area contributed by atoms with Gasteiger partial charge in [0.2, 0.25) is 5.91 Å². The maximum atomic E-state index is 13.7. The fourth-order valence-electron chi connectivity index (χ4n) is 3.32. The minimum absolute atomic E-state index is 0.0801. The van der Waals surface area contributed by atoms with Crippen LogP contribution >= 0.6 is 0 Å². The number of amides is 1.